The molecule has 1 aliphatic rings. The molecular weight excluding hydrogens is 210 g/mol. The second-order valence-corrected chi connectivity index (χ2v) is 4.98. The summed E-state index contributed by atoms with van der Waals surface area (Å²) in [4.78, 5) is 0. The van der Waals surface area contributed by atoms with Crippen molar-refractivity contribution in [2.75, 3.05) is 6.61 Å². The molecule has 0 radical (unpaired) electrons. The Morgan fingerprint density at radius 1 is 1.24 bits per heavy atom. The lowest BCUT2D eigenvalue weighted by atomic mass is 10.0. The minimum atomic E-state index is 0.326. The van der Waals surface area contributed by atoms with Gasteiger partial charge in [-0.05, 0) is 36.3 Å². The molecule has 0 bridgehead atoms. The topological polar surface area (TPSA) is 32.3 Å². The molecule has 94 valence electrons. The number of rotatable bonds is 5. The molecule has 1 fully saturated rings. The molecule has 0 aromatic heterocycles. The fourth-order valence-corrected chi connectivity index (χ4v) is 2.84. The van der Waals surface area contributed by atoms with E-state index in [1.54, 1.807) is 0 Å². The van der Waals surface area contributed by atoms with E-state index in [1.807, 2.05) is 0 Å². The SMILES string of the molecule is CCc1ccccc1CNC1CCCC1CO. The fourth-order valence-electron chi connectivity index (χ4n) is 2.84. The van der Waals surface area contributed by atoms with Crippen LogP contribution >= 0.6 is 0 Å². The molecule has 0 spiro atoms. The average Bonchev–Trinajstić information content (AvgIpc) is 2.84. The van der Waals surface area contributed by atoms with Crippen molar-refractivity contribution < 1.29 is 5.11 Å². The van der Waals surface area contributed by atoms with Gasteiger partial charge in [-0.25, -0.2) is 0 Å². The Bertz CT molecular complexity index is 351. The van der Waals surface area contributed by atoms with Crippen molar-refractivity contribution in [2.24, 2.45) is 5.92 Å². The highest BCUT2D eigenvalue weighted by Crippen LogP contribution is 2.25. The van der Waals surface area contributed by atoms with Gasteiger partial charge in [0.15, 0.2) is 0 Å². The van der Waals surface area contributed by atoms with E-state index >= 15 is 0 Å². The fraction of sp³-hybridized carbons (Fsp3) is 0.600. The molecule has 2 nitrogen and oxygen atoms in total. The van der Waals surface area contributed by atoms with Crippen molar-refractivity contribution in [1.29, 1.82) is 0 Å². The van der Waals surface area contributed by atoms with Crippen molar-refractivity contribution >= 4 is 0 Å². The Hall–Kier alpha value is -0.860. The van der Waals surface area contributed by atoms with Gasteiger partial charge in [-0.1, -0.05) is 37.6 Å². The molecule has 2 unspecified atom stereocenters. The second-order valence-electron chi connectivity index (χ2n) is 4.98. The van der Waals surface area contributed by atoms with Crippen LogP contribution in [0, 0.1) is 5.92 Å². The number of benzene rings is 1. The third-order valence-corrected chi connectivity index (χ3v) is 3.95. The van der Waals surface area contributed by atoms with E-state index in [4.69, 9.17) is 0 Å². The lowest BCUT2D eigenvalue weighted by Gasteiger charge is -2.20. The van der Waals surface area contributed by atoms with Crippen molar-refractivity contribution in [3.05, 3.63) is 35.4 Å². The van der Waals surface area contributed by atoms with Crippen LogP contribution in [0.15, 0.2) is 24.3 Å². The maximum atomic E-state index is 9.29. The summed E-state index contributed by atoms with van der Waals surface area (Å²) in [6.07, 6.45) is 4.72. The van der Waals surface area contributed by atoms with Crippen LogP contribution in [-0.2, 0) is 13.0 Å². The molecule has 2 rings (SSSR count). The Morgan fingerprint density at radius 3 is 2.71 bits per heavy atom. The first-order valence-corrected chi connectivity index (χ1v) is 6.76. The van der Waals surface area contributed by atoms with Crippen molar-refractivity contribution in [3.8, 4) is 0 Å². The standard InChI is InChI=1S/C15H23NO/c1-2-12-6-3-4-7-13(12)10-16-15-9-5-8-14(15)11-17/h3-4,6-7,14-17H,2,5,8-11H2,1H3. The predicted octanol–water partition coefficient (Wildman–Crippen LogP) is 2.50. The smallest absolute Gasteiger partial charge is 0.0474 e. The summed E-state index contributed by atoms with van der Waals surface area (Å²) < 4.78 is 0. The van der Waals surface area contributed by atoms with Gasteiger partial charge >= 0.3 is 0 Å². The molecule has 2 atom stereocenters. The molecule has 1 aliphatic carbocycles. The zero-order chi connectivity index (χ0) is 12.1. The number of aliphatic hydroxyl groups excluding tert-OH is 1. The third-order valence-electron chi connectivity index (χ3n) is 3.95. The van der Waals surface area contributed by atoms with Gasteiger partial charge in [0.1, 0.15) is 0 Å². The molecule has 0 heterocycles. The van der Waals surface area contributed by atoms with Gasteiger partial charge in [0.05, 0.1) is 0 Å². The average molecular weight is 233 g/mol. The number of hydrogen-bond donors (Lipinski definition) is 2. The zero-order valence-corrected chi connectivity index (χ0v) is 10.7. The van der Waals surface area contributed by atoms with Gasteiger partial charge in [-0.15, -0.1) is 0 Å². The van der Waals surface area contributed by atoms with Gasteiger partial charge in [0.25, 0.3) is 0 Å². The number of nitrogens with one attached hydrogen (secondary N) is 1. The third kappa shape index (κ3) is 3.08. The van der Waals surface area contributed by atoms with E-state index < -0.39 is 0 Å². The van der Waals surface area contributed by atoms with Crippen LogP contribution in [0.1, 0.15) is 37.3 Å². The van der Waals surface area contributed by atoms with E-state index in [2.05, 4.69) is 36.5 Å². The Kier molecular flexibility index (Phi) is 4.57. The van der Waals surface area contributed by atoms with Crippen LogP contribution in [-0.4, -0.2) is 17.8 Å². The highest BCUT2D eigenvalue weighted by molar-refractivity contribution is 5.26. The highest BCUT2D eigenvalue weighted by Gasteiger charge is 2.25. The summed E-state index contributed by atoms with van der Waals surface area (Å²) >= 11 is 0. The first-order chi connectivity index (χ1) is 8.35. The lowest BCUT2D eigenvalue weighted by Crippen LogP contribution is -2.33. The maximum Gasteiger partial charge on any atom is 0.0474 e. The largest absolute Gasteiger partial charge is 0.396 e. The lowest BCUT2D eigenvalue weighted by molar-refractivity contribution is 0.205. The Balaban J connectivity index is 1.93. The van der Waals surface area contributed by atoms with E-state index in [1.165, 1.54) is 30.4 Å². The molecule has 0 saturated heterocycles. The molecule has 17 heavy (non-hydrogen) atoms. The van der Waals surface area contributed by atoms with E-state index in [-0.39, 0.29) is 0 Å². The van der Waals surface area contributed by atoms with Crippen LogP contribution in [0.2, 0.25) is 0 Å². The second kappa shape index (κ2) is 6.18. The van der Waals surface area contributed by atoms with Crippen molar-refractivity contribution in [1.82, 2.24) is 5.32 Å². The summed E-state index contributed by atoms with van der Waals surface area (Å²) in [7, 11) is 0. The molecule has 1 aromatic carbocycles. The first-order valence-electron chi connectivity index (χ1n) is 6.76. The van der Waals surface area contributed by atoms with Crippen LogP contribution in [0.3, 0.4) is 0 Å². The monoisotopic (exact) mass is 233 g/mol. The van der Waals surface area contributed by atoms with E-state index in [9.17, 15) is 5.11 Å². The minimum absolute atomic E-state index is 0.326. The molecule has 2 heteroatoms. The van der Waals surface area contributed by atoms with Crippen LogP contribution in [0.4, 0.5) is 0 Å². The maximum absolute atomic E-state index is 9.29. The van der Waals surface area contributed by atoms with Gasteiger partial charge in [0, 0.05) is 19.2 Å². The minimum Gasteiger partial charge on any atom is -0.396 e. The number of aryl methyl sites for hydroxylation is 1. The van der Waals surface area contributed by atoms with Crippen LogP contribution in [0.25, 0.3) is 0 Å². The molecule has 0 amide bonds. The molecule has 1 aromatic rings. The summed E-state index contributed by atoms with van der Waals surface area (Å²) in [5.74, 6) is 0.462. The number of aliphatic hydroxyl groups is 1. The van der Waals surface area contributed by atoms with Gasteiger partial charge in [0.2, 0.25) is 0 Å². The van der Waals surface area contributed by atoms with E-state index in [0.29, 0.717) is 18.6 Å². The summed E-state index contributed by atoms with van der Waals surface area (Å²) in [6.45, 7) is 3.46. The van der Waals surface area contributed by atoms with E-state index in [0.717, 1.165) is 13.0 Å². The molecule has 2 N–H and O–H groups in total. The molecule has 0 aliphatic heterocycles. The first kappa shape index (κ1) is 12.6. The summed E-state index contributed by atoms with van der Waals surface area (Å²) in [6, 6.07) is 9.12. The van der Waals surface area contributed by atoms with Crippen molar-refractivity contribution in [3.63, 3.8) is 0 Å². The van der Waals surface area contributed by atoms with Gasteiger partial charge in [-0.2, -0.15) is 0 Å². The van der Waals surface area contributed by atoms with Crippen molar-refractivity contribution in [2.45, 2.75) is 45.2 Å². The zero-order valence-electron chi connectivity index (χ0n) is 10.7. The van der Waals surface area contributed by atoms with Gasteiger partial charge < -0.3 is 10.4 Å². The summed E-state index contributed by atoms with van der Waals surface area (Å²) in [5.41, 5.74) is 2.83. The normalized spacial score (nSPS) is 24.1. The number of hydrogen-bond acceptors (Lipinski definition) is 2. The van der Waals surface area contributed by atoms with Crippen LogP contribution in [0.5, 0.6) is 0 Å². The van der Waals surface area contributed by atoms with Gasteiger partial charge in [-0.3, -0.25) is 0 Å². The quantitative estimate of drug-likeness (QED) is 0.819. The highest BCUT2D eigenvalue weighted by atomic mass is 16.3. The summed E-state index contributed by atoms with van der Waals surface area (Å²) in [5, 5.41) is 12.9. The van der Waals surface area contributed by atoms with Crippen LogP contribution < -0.4 is 5.32 Å². The molecular formula is C15H23NO. The predicted molar refractivity (Wildman–Crippen MR) is 70.9 cm³/mol. The Labute approximate surface area is 104 Å². The molecule has 1 saturated carbocycles. The Morgan fingerprint density at radius 2 is 2.00 bits per heavy atom.